The van der Waals surface area contributed by atoms with E-state index in [-0.39, 0.29) is 6.61 Å². The second-order valence-corrected chi connectivity index (χ2v) is 5.10. The Hall–Kier alpha value is -1.72. The number of benzene rings is 1. The zero-order valence-electron chi connectivity index (χ0n) is 10.00. The Morgan fingerprint density at radius 2 is 2.28 bits per heavy atom. The topological polar surface area (TPSA) is 50.9 Å². The number of hydrogen-bond donors (Lipinski definition) is 1. The highest BCUT2D eigenvalue weighted by atomic mass is 32.1. The Bertz CT molecular complexity index is 686. The van der Waals surface area contributed by atoms with E-state index in [4.69, 9.17) is 5.11 Å². The molecule has 0 bridgehead atoms. The van der Waals surface area contributed by atoms with E-state index in [9.17, 15) is 0 Å². The first-order valence-corrected chi connectivity index (χ1v) is 6.62. The van der Waals surface area contributed by atoms with E-state index >= 15 is 0 Å². The first-order valence-electron chi connectivity index (χ1n) is 5.74. The summed E-state index contributed by atoms with van der Waals surface area (Å²) in [5.41, 5.74) is 4.12. The summed E-state index contributed by atoms with van der Waals surface area (Å²) in [4.78, 5) is 8.85. The molecule has 0 spiro atoms. The van der Waals surface area contributed by atoms with E-state index in [0.29, 0.717) is 6.42 Å². The van der Waals surface area contributed by atoms with E-state index in [1.54, 1.807) is 11.3 Å². The van der Waals surface area contributed by atoms with Gasteiger partial charge in [0, 0.05) is 31.0 Å². The summed E-state index contributed by atoms with van der Waals surface area (Å²) in [5.74, 6) is 0. The molecule has 0 aliphatic rings. The van der Waals surface area contributed by atoms with Crippen LogP contribution in [0.3, 0.4) is 0 Å². The van der Waals surface area contributed by atoms with Crippen LogP contribution in [0.15, 0.2) is 29.9 Å². The molecule has 0 unspecified atom stereocenters. The summed E-state index contributed by atoms with van der Waals surface area (Å²) < 4.78 is 2.00. The fourth-order valence-corrected chi connectivity index (χ4v) is 2.75. The van der Waals surface area contributed by atoms with Gasteiger partial charge in [-0.15, -0.1) is 11.3 Å². The molecular formula is C13H13N3OS. The number of rotatable bonds is 3. The Labute approximate surface area is 109 Å². The number of hydrogen-bond acceptors (Lipinski definition) is 4. The van der Waals surface area contributed by atoms with Crippen molar-refractivity contribution in [2.75, 3.05) is 6.61 Å². The lowest BCUT2D eigenvalue weighted by atomic mass is 10.1. The van der Waals surface area contributed by atoms with Crippen LogP contribution in [0, 0.1) is 0 Å². The van der Waals surface area contributed by atoms with Gasteiger partial charge < -0.3 is 9.67 Å². The number of aromatic nitrogens is 3. The van der Waals surface area contributed by atoms with Crippen molar-refractivity contribution in [3.05, 3.63) is 34.9 Å². The minimum absolute atomic E-state index is 0.145. The van der Waals surface area contributed by atoms with Crippen LogP contribution in [0.2, 0.25) is 0 Å². The lowest BCUT2D eigenvalue weighted by molar-refractivity contribution is 0.299. The third kappa shape index (κ3) is 1.91. The fraction of sp³-hybridized carbons (Fsp3) is 0.231. The van der Waals surface area contributed by atoms with Gasteiger partial charge in [0.1, 0.15) is 0 Å². The molecule has 0 saturated carbocycles. The minimum Gasteiger partial charge on any atom is -0.396 e. The molecule has 0 fully saturated rings. The number of aliphatic hydroxyl groups excluding tert-OH is 1. The predicted octanol–water partition coefficient (Wildman–Crippen LogP) is 2.23. The van der Waals surface area contributed by atoms with Crippen molar-refractivity contribution in [3.8, 4) is 11.3 Å². The molecule has 1 aromatic carbocycles. The fourth-order valence-electron chi connectivity index (χ4n) is 1.95. The summed E-state index contributed by atoms with van der Waals surface area (Å²) in [5, 5.41) is 11.9. The van der Waals surface area contributed by atoms with Gasteiger partial charge >= 0.3 is 0 Å². The first-order chi connectivity index (χ1) is 8.78. The molecule has 3 aromatic rings. The smallest absolute Gasteiger partial charge is 0.0955 e. The Morgan fingerprint density at radius 1 is 1.39 bits per heavy atom. The summed E-state index contributed by atoms with van der Waals surface area (Å²) in [6.07, 6.45) is 2.43. The summed E-state index contributed by atoms with van der Waals surface area (Å²) >= 11 is 1.58. The third-order valence-electron chi connectivity index (χ3n) is 2.90. The van der Waals surface area contributed by atoms with Gasteiger partial charge in [-0.3, -0.25) is 0 Å². The molecule has 0 saturated heterocycles. The summed E-state index contributed by atoms with van der Waals surface area (Å²) in [7, 11) is 1.98. The molecule has 0 aliphatic carbocycles. The number of aryl methyl sites for hydroxylation is 1. The Balaban J connectivity index is 2.02. The van der Waals surface area contributed by atoms with Crippen molar-refractivity contribution in [1.82, 2.24) is 14.5 Å². The zero-order chi connectivity index (χ0) is 12.5. The van der Waals surface area contributed by atoms with Gasteiger partial charge in [0.2, 0.25) is 0 Å². The van der Waals surface area contributed by atoms with Gasteiger partial charge in [-0.05, 0) is 12.1 Å². The second kappa shape index (κ2) is 4.51. The highest BCUT2D eigenvalue weighted by molar-refractivity contribution is 7.09. The molecule has 92 valence electrons. The molecule has 1 N–H and O–H groups in total. The molecule has 4 nitrogen and oxygen atoms in total. The van der Waals surface area contributed by atoms with Crippen molar-refractivity contribution < 1.29 is 5.11 Å². The van der Waals surface area contributed by atoms with Crippen LogP contribution in [0.1, 0.15) is 5.01 Å². The quantitative estimate of drug-likeness (QED) is 0.784. The lowest BCUT2D eigenvalue weighted by Gasteiger charge is -1.98. The Morgan fingerprint density at radius 3 is 3.11 bits per heavy atom. The summed E-state index contributed by atoms with van der Waals surface area (Å²) in [6, 6.07) is 6.16. The number of fused-ring (bicyclic) bond motifs is 1. The van der Waals surface area contributed by atoms with Gasteiger partial charge in [0.05, 0.1) is 28.1 Å². The maximum atomic E-state index is 8.90. The van der Waals surface area contributed by atoms with Crippen molar-refractivity contribution in [2.24, 2.45) is 7.05 Å². The first kappa shape index (κ1) is 11.4. The van der Waals surface area contributed by atoms with Crippen molar-refractivity contribution >= 4 is 22.4 Å². The van der Waals surface area contributed by atoms with Gasteiger partial charge in [-0.25, -0.2) is 9.97 Å². The monoisotopic (exact) mass is 259 g/mol. The molecule has 2 heterocycles. The maximum absolute atomic E-state index is 8.90. The third-order valence-corrected chi connectivity index (χ3v) is 3.81. The lowest BCUT2D eigenvalue weighted by Crippen LogP contribution is -1.89. The maximum Gasteiger partial charge on any atom is 0.0955 e. The van der Waals surface area contributed by atoms with Crippen molar-refractivity contribution in [3.63, 3.8) is 0 Å². The van der Waals surface area contributed by atoms with Gasteiger partial charge in [0.25, 0.3) is 0 Å². The SMILES string of the molecule is Cn1cnc2cc(-c3csc(CCO)n3)ccc21. The summed E-state index contributed by atoms with van der Waals surface area (Å²) in [6.45, 7) is 0.145. The molecule has 0 aliphatic heterocycles. The minimum atomic E-state index is 0.145. The molecule has 3 rings (SSSR count). The van der Waals surface area contributed by atoms with Gasteiger partial charge in [-0.1, -0.05) is 6.07 Å². The van der Waals surface area contributed by atoms with Crippen LogP contribution in [-0.2, 0) is 13.5 Å². The largest absolute Gasteiger partial charge is 0.396 e. The number of aliphatic hydroxyl groups is 1. The molecule has 0 radical (unpaired) electrons. The molecular weight excluding hydrogens is 246 g/mol. The predicted molar refractivity (Wildman–Crippen MR) is 72.6 cm³/mol. The number of thiazole rings is 1. The highest BCUT2D eigenvalue weighted by Crippen LogP contribution is 2.25. The van der Waals surface area contributed by atoms with Crippen LogP contribution < -0.4 is 0 Å². The number of nitrogens with zero attached hydrogens (tertiary/aromatic N) is 3. The standard InChI is InChI=1S/C13H13N3OS/c1-16-8-14-10-6-9(2-3-12(10)16)11-7-18-13(15-11)4-5-17/h2-3,6-8,17H,4-5H2,1H3. The van der Waals surface area contributed by atoms with Crippen LogP contribution in [-0.4, -0.2) is 26.2 Å². The van der Waals surface area contributed by atoms with Crippen molar-refractivity contribution in [2.45, 2.75) is 6.42 Å². The molecule has 2 aromatic heterocycles. The van der Waals surface area contributed by atoms with Crippen LogP contribution in [0.4, 0.5) is 0 Å². The van der Waals surface area contributed by atoms with Crippen molar-refractivity contribution in [1.29, 1.82) is 0 Å². The molecule has 18 heavy (non-hydrogen) atoms. The molecule has 0 amide bonds. The second-order valence-electron chi connectivity index (χ2n) is 4.16. The van der Waals surface area contributed by atoms with Crippen LogP contribution >= 0.6 is 11.3 Å². The van der Waals surface area contributed by atoms with Crippen LogP contribution in [0.25, 0.3) is 22.3 Å². The van der Waals surface area contributed by atoms with E-state index in [2.05, 4.69) is 22.1 Å². The normalized spacial score (nSPS) is 11.2. The highest BCUT2D eigenvalue weighted by Gasteiger charge is 2.06. The van der Waals surface area contributed by atoms with Gasteiger partial charge in [0.15, 0.2) is 0 Å². The zero-order valence-corrected chi connectivity index (χ0v) is 10.8. The number of imidazole rings is 1. The van der Waals surface area contributed by atoms with E-state index in [1.165, 1.54) is 0 Å². The molecule has 0 atom stereocenters. The average Bonchev–Trinajstić information content (AvgIpc) is 2.97. The average molecular weight is 259 g/mol. The van der Waals surface area contributed by atoms with Gasteiger partial charge in [-0.2, -0.15) is 0 Å². The Kier molecular flexibility index (Phi) is 2.85. The molecule has 5 heteroatoms. The van der Waals surface area contributed by atoms with E-state index in [1.807, 2.05) is 29.4 Å². The van der Waals surface area contributed by atoms with Crippen LogP contribution in [0.5, 0.6) is 0 Å². The van der Waals surface area contributed by atoms with E-state index in [0.717, 1.165) is 27.3 Å². The van der Waals surface area contributed by atoms with E-state index < -0.39 is 0 Å².